The van der Waals surface area contributed by atoms with Crippen LogP contribution in [0.3, 0.4) is 0 Å². The number of rotatable bonds is 7. The zero-order valence-electron chi connectivity index (χ0n) is 14.5. The number of halogens is 1. The van der Waals surface area contributed by atoms with Gasteiger partial charge in [-0.05, 0) is 24.6 Å². The fourth-order valence-electron chi connectivity index (χ4n) is 2.69. The molecule has 0 unspecified atom stereocenters. The quantitative estimate of drug-likeness (QED) is 0.803. The molecule has 25 heavy (non-hydrogen) atoms. The zero-order valence-corrected chi connectivity index (χ0v) is 14.5. The maximum Gasteiger partial charge on any atom is 0.225 e. The van der Waals surface area contributed by atoms with Gasteiger partial charge in [0, 0.05) is 44.5 Å². The van der Waals surface area contributed by atoms with E-state index in [4.69, 9.17) is 4.74 Å². The molecule has 0 bridgehead atoms. The van der Waals surface area contributed by atoms with Crippen LogP contribution in [0.4, 0.5) is 16.2 Å². The van der Waals surface area contributed by atoms with E-state index in [1.165, 1.54) is 12.1 Å². The van der Waals surface area contributed by atoms with E-state index in [9.17, 15) is 4.39 Å². The predicted molar refractivity (Wildman–Crippen MR) is 96.2 cm³/mol. The lowest BCUT2D eigenvalue weighted by atomic mass is 10.2. The molecule has 1 saturated heterocycles. The molecule has 1 aliphatic rings. The fourth-order valence-corrected chi connectivity index (χ4v) is 2.69. The van der Waals surface area contributed by atoms with Gasteiger partial charge in [0.15, 0.2) is 0 Å². The van der Waals surface area contributed by atoms with Gasteiger partial charge in [-0.2, -0.15) is 4.98 Å². The van der Waals surface area contributed by atoms with Crippen molar-refractivity contribution >= 4 is 11.8 Å². The molecule has 7 heteroatoms. The van der Waals surface area contributed by atoms with Crippen LogP contribution < -0.4 is 10.6 Å². The summed E-state index contributed by atoms with van der Waals surface area (Å²) in [5, 5.41) is 6.55. The van der Waals surface area contributed by atoms with Crippen molar-refractivity contribution in [2.24, 2.45) is 0 Å². The third-order valence-corrected chi connectivity index (χ3v) is 4.06. The first-order valence-electron chi connectivity index (χ1n) is 8.57. The molecular formula is C18H24FN5O. The van der Waals surface area contributed by atoms with Gasteiger partial charge in [-0.25, -0.2) is 9.37 Å². The number of anilines is 2. The molecule has 3 rings (SSSR count). The highest BCUT2D eigenvalue weighted by Gasteiger charge is 2.09. The lowest BCUT2D eigenvalue weighted by Gasteiger charge is -2.26. The number of benzene rings is 1. The van der Waals surface area contributed by atoms with Crippen molar-refractivity contribution in [2.45, 2.75) is 13.5 Å². The van der Waals surface area contributed by atoms with Crippen LogP contribution in [0.2, 0.25) is 0 Å². The highest BCUT2D eigenvalue weighted by atomic mass is 19.1. The Labute approximate surface area is 147 Å². The number of aromatic nitrogens is 2. The second-order valence-electron chi connectivity index (χ2n) is 6.08. The molecule has 1 fully saturated rings. The van der Waals surface area contributed by atoms with Gasteiger partial charge >= 0.3 is 0 Å². The van der Waals surface area contributed by atoms with Gasteiger partial charge in [0.2, 0.25) is 5.95 Å². The summed E-state index contributed by atoms with van der Waals surface area (Å²) in [7, 11) is 0. The Morgan fingerprint density at radius 1 is 1.12 bits per heavy atom. The van der Waals surface area contributed by atoms with Crippen LogP contribution in [0.1, 0.15) is 11.3 Å². The Bertz CT molecular complexity index is 674. The lowest BCUT2D eigenvalue weighted by molar-refractivity contribution is 0.0398. The molecular weight excluding hydrogens is 321 g/mol. The molecule has 2 N–H and O–H groups in total. The summed E-state index contributed by atoms with van der Waals surface area (Å²) in [5.41, 5.74) is 1.87. The molecule has 0 aliphatic carbocycles. The smallest absolute Gasteiger partial charge is 0.225 e. The van der Waals surface area contributed by atoms with E-state index in [1.807, 2.05) is 13.0 Å². The van der Waals surface area contributed by atoms with Gasteiger partial charge in [-0.3, -0.25) is 4.90 Å². The average Bonchev–Trinajstić information content (AvgIpc) is 2.62. The first kappa shape index (κ1) is 17.6. The van der Waals surface area contributed by atoms with Crippen LogP contribution in [0, 0.1) is 12.7 Å². The number of hydrogen-bond acceptors (Lipinski definition) is 6. The Morgan fingerprint density at radius 3 is 2.64 bits per heavy atom. The Morgan fingerprint density at radius 2 is 1.88 bits per heavy atom. The van der Waals surface area contributed by atoms with Crippen molar-refractivity contribution in [3.63, 3.8) is 0 Å². The molecule has 1 aliphatic heterocycles. The Kier molecular flexibility index (Phi) is 6.14. The van der Waals surface area contributed by atoms with Crippen LogP contribution >= 0.6 is 0 Å². The highest BCUT2D eigenvalue weighted by molar-refractivity contribution is 5.42. The minimum atomic E-state index is -0.234. The molecule has 1 aromatic carbocycles. The summed E-state index contributed by atoms with van der Waals surface area (Å²) in [5.74, 6) is 1.14. The second kappa shape index (κ2) is 8.73. The second-order valence-corrected chi connectivity index (χ2v) is 6.08. The molecule has 1 aromatic heterocycles. The molecule has 0 atom stereocenters. The van der Waals surface area contributed by atoms with Crippen molar-refractivity contribution in [1.82, 2.24) is 14.9 Å². The normalized spacial score (nSPS) is 15.1. The van der Waals surface area contributed by atoms with Gasteiger partial charge in [-0.1, -0.05) is 12.1 Å². The maximum absolute atomic E-state index is 12.9. The standard InChI is InChI=1S/C18H24FN5O/c1-14-12-17(20-6-7-24-8-10-25-11-9-24)23-18(22-14)21-13-15-2-4-16(19)5-3-15/h2-5,12H,6-11,13H2,1H3,(H2,20,21,22,23). The van der Waals surface area contributed by atoms with E-state index >= 15 is 0 Å². The van der Waals surface area contributed by atoms with E-state index in [0.29, 0.717) is 12.5 Å². The van der Waals surface area contributed by atoms with Gasteiger partial charge < -0.3 is 15.4 Å². The largest absolute Gasteiger partial charge is 0.379 e. The summed E-state index contributed by atoms with van der Waals surface area (Å²) in [4.78, 5) is 11.3. The summed E-state index contributed by atoms with van der Waals surface area (Å²) in [6.45, 7) is 7.87. The van der Waals surface area contributed by atoms with E-state index in [1.54, 1.807) is 12.1 Å². The predicted octanol–water partition coefficient (Wildman–Crippen LogP) is 2.28. The maximum atomic E-state index is 12.9. The van der Waals surface area contributed by atoms with E-state index in [2.05, 4.69) is 25.5 Å². The fraction of sp³-hybridized carbons (Fsp3) is 0.444. The Balaban J connectivity index is 1.51. The monoisotopic (exact) mass is 345 g/mol. The van der Waals surface area contributed by atoms with E-state index in [0.717, 1.165) is 56.5 Å². The van der Waals surface area contributed by atoms with Gasteiger partial charge in [-0.15, -0.1) is 0 Å². The summed E-state index contributed by atoms with van der Waals surface area (Å²) >= 11 is 0. The SMILES string of the molecule is Cc1cc(NCCN2CCOCC2)nc(NCc2ccc(F)cc2)n1. The minimum absolute atomic E-state index is 0.234. The van der Waals surface area contributed by atoms with Crippen LogP contribution in [0.5, 0.6) is 0 Å². The van der Waals surface area contributed by atoms with E-state index < -0.39 is 0 Å². The number of ether oxygens (including phenoxy) is 1. The first-order valence-corrected chi connectivity index (χ1v) is 8.57. The molecule has 0 radical (unpaired) electrons. The molecule has 2 aromatic rings. The average molecular weight is 345 g/mol. The molecule has 0 spiro atoms. The lowest BCUT2D eigenvalue weighted by Crippen LogP contribution is -2.39. The van der Waals surface area contributed by atoms with Crippen LogP contribution in [0.15, 0.2) is 30.3 Å². The van der Waals surface area contributed by atoms with Crippen LogP contribution in [0.25, 0.3) is 0 Å². The van der Waals surface area contributed by atoms with E-state index in [-0.39, 0.29) is 5.82 Å². The number of morpholine rings is 1. The Hall–Kier alpha value is -2.25. The molecule has 0 amide bonds. The first-order chi connectivity index (χ1) is 12.2. The topological polar surface area (TPSA) is 62.3 Å². The molecule has 0 saturated carbocycles. The highest BCUT2D eigenvalue weighted by Crippen LogP contribution is 2.11. The summed E-state index contributed by atoms with van der Waals surface area (Å²) in [6, 6.07) is 8.33. The van der Waals surface area contributed by atoms with Crippen molar-refractivity contribution in [1.29, 1.82) is 0 Å². The van der Waals surface area contributed by atoms with Crippen LogP contribution in [-0.2, 0) is 11.3 Å². The zero-order chi connectivity index (χ0) is 17.5. The third kappa shape index (κ3) is 5.65. The van der Waals surface area contributed by atoms with Crippen molar-refractivity contribution in [3.8, 4) is 0 Å². The van der Waals surface area contributed by atoms with Gasteiger partial charge in [0.25, 0.3) is 0 Å². The van der Waals surface area contributed by atoms with Crippen molar-refractivity contribution in [3.05, 3.63) is 47.4 Å². The third-order valence-electron chi connectivity index (χ3n) is 4.06. The number of nitrogens with one attached hydrogen (secondary N) is 2. The summed E-state index contributed by atoms with van der Waals surface area (Å²) in [6.07, 6.45) is 0. The minimum Gasteiger partial charge on any atom is -0.379 e. The number of hydrogen-bond donors (Lipinski definition) is 2. The van der Waals surface area contributed by atoms with Crippen molar-refractivity contribution < 1.29 is 9.13 Å². The van der Waals surface area contributed by atoms with Gasteiger partial charge in [0.05, 0.1) is 13.2 Å². The summed E-state index contributed by atoms with van der Waals surface area (Å²) < 4.78 is 18.3. The molecule has 2 heterocycles. The van der Waals surface area contributed by atoms with Gasteiger partial charge in [0.1, 0.15) is 11.6 Å². The molecule has 134 valence electrons. The number of nitrogens with zero attached hydrogens (tertiary/aromatic N) is 3. The van der Waals surface area contributed by atoms with Crippen LogP contribution in [-0.4, -0.2) is 54.3 Å². The molecule has 6 nitrogen and oxygen atoms in total. The number of aryl methyl sites for hydroxylation is 1. The van der Waals surface area contributed by atoms with Crippen molar-refractivity contribution in [2.75, 3.05) is 50.0 Å².